The Morgan fingerprint density at radius 2 is 1.60 bits per heavy atom. The normalized spacial score (nSPS) is 3.60. The van der Waals surface area contributed by atoms with Crippen LogP contribution in [0.25, 0.3) is 0 Å². The Hall–Kier alpha value is -0.680. The van der Waals surface area contributed by atoms with Gasteiger partial charge in [-0.05, 0) is 0 Å². The molecule has 0 saturated carbocycles. The van der Waals surface area contributed by atoms with Crippen molar-refractivity contribution in [2.45, 2.75) is 0 Å². The fourth-order valence-corrected chi connectivity index (χ4v) is 0. The van der Waals surface area contributed by atoms with Crippen LogP contribution in [0.3, 0.4) is 0 Å². The van der Waals surface area contributed by atoms with Gasteiger partial charge in [-0.1, -0.05) is 0 Å². The summed E-state index contributed by atoms with van der Waals surface area (Å²) in [5, 5.41) is 14.4. The van der Waals surface area contributed by atoms with Gasteiger partial charge in [-0.25, -0.2) is 5.90 Å². The molecule has 0 rings (SSSR count). The molecule has 32 valence electrons. The average molecular weight is 80.0 g/mol. The molecule has 0 radical (unpaired) electrons. The van der Waals surface area contributed by atoms with Gasteiger partial charge in [0.2, 0.25) is 0 Å². The fraction of sp³-hybridized carbons (Fsp3) is 0. The number of hydrogen-bond donors (Lipinski definition) is 3. The first kappa shape index (κ1) is 8.85. The molecule has 0 aliphatic carbocycles. The molecule has 0 amide bonds. The van der Waals surface area contributed by atoms with Gasteiger partial charge in [0, 0.05) is 0 Å². The predicted molar refractivity (Wildman–Crippen MR) is 13.6 cm³/mol. The summed E-state index contributed by atoms with van der Waals surface area (Å²) in [6.45, 7) is 0. The first-order valence-electron chi connectivity index (χ1n) is 0.641. The van der Waals surface area contributed by atoms with Gasteiger partial charge in [0.1, 0.15) is 0 Å². The number of nitrogens with two attached hydrogens (primary N) is 1. The highest BCUT2D eigenvalue weighted by Crippen LogP contribution is 1.25. The molecule has 0 aromatic rings. The Balaban J connectivity index is 0. The Morgan fingerprint density at radius 3 is 1.60 bits per heavy atom. The SMILES string of the molecule is NO.O=NO. The molecule has 0 saturated heterocycles. The molecule has 0 fully saturated rings. The number of hydrogen-bond acceptors (Lipinski definition) is 4. The molecular weight excluding hydrogens is 76.0 g/mol. The van der Waals surface area contributed by atoms with Gasteiger partial charge in [-0.3, -0.25) is 0 Å². The molecule has 0 bridgehead atoms. The van der Waals surface area contributed by atoms with Crippen molar-refractivity contribution >= 4 is 0 Å². The summed E-state index contributed by atoms with van der Waals surface area (Å²) in [4.78, 5) is 8.11. The molecule has 0 spiro atoms. The summed E-state index contributed by atoms with van der Waals surface area (Å²) in [6.07, 6.45) is 0. The van der Waals surface area contributed by atoms with E-state index in [1.54, 1.807) is 0 Å². The molecule has 0 heterocycles. The highest BCUT2D eigenvalue weighted by atomic mass is 16.6. The second kappa shape index (κ2) is 175. The summed E-state index contributed by atoms with van der Waals surface area (Å²) in [5.74, 6) is 3.50. The zero-order valence-corrected chi connectivity index (χ0v) is 2.33. The van der Waals surface area contributed by atoms with E-state index in [1.807, 2.05) is 0 Å². The summed E-state index contributed by atoms with van der Waals surface area (Å²) >= 11 is 0. The van der Waals surface area contributed by atoms with Crippen LogP contribution in [0.2, 0.25) is 0 Å². The van der Waals surface area contributed by atoms with Crippen molar-refractivity contribution in [1.29, 1.82) is 0 Å². The third-order valence-corrected chi connectivity index (χ3v) is 0. The Bertz CT molecular complexity index is 12.4. The van der Waals surface area contributed by atoms with Crippen LogP contribution in [0.1, 0.15) is 0 Å². The minimum absolute atomic E-state index is 1.25. The van der Waals surface area contributed by atoms with E-state index in [2.05, 4.69) is 5.90 Å². The number of rotatable bonds is 0. The van der Waals surface area contributed by atoms with Crippen LogP contribution in [-0.2, 0) is 0 Å². The van der Waals surface area contributed by atoms with Crippen LogP contribution in [-0.4, -0.2) is 10.4 Å². The molecule has 5 nitrogen and oxygen atoms in total. The highest BCUT2D eigenvalue weighted by Gasteiger charge is 1.18. The standard InChI is InChI=1S/HNO2.H3NO/c2-1-3;1-2/h(H,2,3);2H,1H2. The lowest BCUT2D eigenvalue weighted by atomic mass is 13.4. The van der Waals surface area contributed by atoms with Crippen molar-refractivity contribution < 1.29 is 10.4 Å². The summed E-state index contributed by atoms with van der Waals surface area (Å²) in [6, 6.07) is 0. The Kier molecular flexibility index (Phi) is 309. The maximum Gasteiger partial charge on any atom is 0.152 e. The van der Waals surface area contributed by atoms with Crippen LogP contribution >= 0.6 is 0 Å². The highest BCUT2D eigenvalue weighted by molar-refractivity contribution is 3.83. The topological polar surface area (TPSA) is 95.9 Å². The molecule has 0 atom stereocenters. The Morgan fingerprint density at radius 1 is 1.60 bits per heavy atom. The lowest BCUT2D eigenvalue weighted by molar-refractivity contribution is 0.311. The smallest absolute Gasteiger partial charge is 0.152 e. The van der Waals surface area contributed by atoms with E-state index in [-0.39, 0.29) is 0 Å². The summed E-state index contributed by atoms with van der Waals surface area (Å²) < 4.78 is 0. The third-order valence-electron chi connectivity index (χ3n) is 0. The van der Waals surface area contributed by atoms with Crippen LogP contribution in [0, 0.1) is 4.91 Å². The first-order chi connectivity index (χ1) is 2.41. The minimum Gasteiger partial charge on any atom is -0.379 e. The minimum atomic E-state index is 1.25. The molecule has 0 aliphatic heterocycles. The number of nitrogens with zero attached hydrogens (tertiary/aromatic N) is 1. The molecule has 0 aliphatic rings. The zero-order chi connectivity index (χ0) is 4.71. The predicted octanol–water partition coefficient (Wildman–Crippen LogP) is -0.524. The van der Waals surface area contributed by atoms with Gasteiger partial charge >= 0.3 is 0 Å². The van der Waals surface area contributed by atoms with Crippen LogP contribution in [0.15, 0.2) is 5.34 Å². The maximum absolute atomic E-state index is 8.11. The van der Waals surface area contributed by atoms with Crippen molar-refractivity contribution in [3.05, 3.63) is 4.91 Å². The summed E-state index contributed by atoms with van der Waals surface area (Å²) in [7, 11) is 0. The maximum atomic E-state index is 8.11. The van der Waals surface area contributed by atoms with Crippen molar-refractivity contribution in [3.63, 3.8) is 0 Å². The van der Waals surface area contributed by atoms with Gasteiger partial charge in [0.25, 0.3) is 0 Å². The van der Waals surface area contributed by atoms with E-state index in [0.717, 1.165) is 0 Å². The van der Waals surface area contributed by atoms with E-state index in [9.17, 15) is 0 Å². The monoisotopic (exact) mass is 80.0 g/mol. The summed E-state index contributed by atoms with van der Waals surface area (Å²) in [5.41, 5.74) is 0. The van der Waals surface area contributed by atoms with Crippen LogP contribution < -0.4 is 5.90 Å². The van der Waals surface area contributed by atoms with E-state index in [4.69, 9.17) is 15.3 Å². The lowest BCUT2D eigenvalue weighted by Crippen LogP contribution is -1.72. The van der Waals surface area contributed by atoms with Crippen molar-refractivity contribution in [1.82, 2.24) is 0 Å². The molecule has 0 aromatic carbocycles. The average Bonchev–Trinajstić information content (AvgIpc) is 1.46. The lowest BCUT2D eigenvalue weighted by Gasteiger charge is -1.32. The molecule has 4 N–H and O–H groups in total. The van der Waals surface area contributed by atoms with E-state index < -0.39 is 0 Å². The zero-order valence-electron chi connectivity index (χ0n) is 2.33. The fourth-order valence-electron chi connectivity index (χ4n) is 0. The van der Waals surface area contributed by atoms with Crippen LogP contribution in [0.5, 0.6) is 0 Å². The largest absolute Gasteiger partial charge is 0.379 e. The van der Waals surface area contributed by atoms with E-state index in [0.29, 0.717) is 0 Å². The van der Waals surface area contributed by atoms with Gasteiger partial charge in [0.15, 0.2) is 5.34 Å². The van der Waals surface area contributed by atoms with Crippen molar-refractivity contribution in [3.8, 4) is 0 Å². The van der Waals surface area contributed by atoms with Gasteiger partial charge in [-0.15, -0.1) is 4.91 Å². The van der Waals surface area contributed by atoms with Crippen LogP contribution in [0.4, 0.5) is 0 Å². The molecule has 5 heavy (non-hydrogen) atoms. The van der Waals surface area contributed by atoms with Gasteiger partial charge < -0.3 is 10.4 Å². The quantitative estimate of drug-likeness (QED) is 0.269. The van der Waals surface area contributed by atoms with E-state index >= 15 is 0 Å². The van der Waals surface area contributed by atoms with Gasteiger partial charge in [0.05, 0.1) is 0 Å². The van der Waals surface area contributed by atoms with Gasteiger partial charge in [-0.2, -0.15) is 0 Å². The molecule has 5 heteroatoms. The molecular formula is H4N2O3. The molecule has 0 aromatic heterocycles. The second-order valence-corrected chi connectivity index (χ2v) is 0.0816. The Labute approximate surface area is 27.9 Å². The first-order valence-corrected chi connectivity index (χ1v) is 0.641. The third kappa shape index (κ3) is 12.5. The van der Waals surface area contributed by atoms with E-state index in [1.165, 1.54) is 5.34 Å². The van der Waals surface area contributed by atoms with Crippen molar-refractivity contribution in [2.24, 2.45) is 11.2 Å². The molecule has 0 unspecified atom stereocenters. The van der Waals surface area contributed by atoms with Crippen molar-refractivity contribution in [2.75, 3.05) is 0 Å². The second-order valence-electron chi connectivity index (χ2n) is 0.0816.